The molecule has 41 heavy (non-hydrogen) atoms. The van der Waals surface area contributed by atoms with Crippen LogP contribution in [0.2, 0.25) is 10.0 Å². The van der Waals surface area contributed by atoms with Crippen molar-refractivity contribution >= 4 is 50.7 Å². The molecule has 3 aromatic rings. The number of carbonyl (C=O) groups is 2. The van der Waals surface area contributed by atoms with Crippen LogP contribution in [0.5, 0.6) is 0 Å². The molecule has 0 aliphatic heterocycles. The van der Waals surface area contributed by atoms with Gasteiger partial charge >= 0.3 is 0 Å². The molecule has 220 valence electrons. The second-order valence-electron chi connectivity index (χ2n) is 10.0. The van der Waals surface area contributed by atoms with Crippen molar-refractivity contribution in [1.82, 2.24) is 10.2 Å². The third kappa shape index (κ3) is 9.45. The van der Waals surface area contributed by atoms with Gasteiger partial charge in [-0.15, -0.1) is 0 Å². The molecule has 0 aromatic heterocycles. The Labute approximate surface area is 251 Å². The number of anilines is 1. The van der Waals surface area contributed by atoms with Crippen molar-refractivity contribution in [2.75, 3.05) is 17.1 Å². The molecule has 0 saturated heterocycles. The average molecular weight is 623 g/mol. The van der Waals surface area contributed by atoms with E-state index < -0.39 is 21.9 Å². The summed E-state index contributed by atoms with van der Waals surface area (Å²) in [7, 11) is -3.82. The molecule has 3 aromatic carbocycles. The number of hydrogen-bond acceptors (Lipinski definition) is 4. The van der Waals surface area contributed by atoms with Crippen LogP contribution in [0.1, 0.15) is 37.8 Å². The van der Waals surface area contributed by atoms with Crippen LogP contribution in [-0.2, 0) is 32.6 Å². The van der Waals surface area contributed by atoms with E-state index in [1.165, 1.54) is 23.1 Å². The minimum atomic E-state index is -3.82. The van der Waals surface area contributed by atoms with Crippen molar-refractivity contribution in [2.45, 2.75) is 51.7 Å². The summed E-state index contributed by atoms with van der Waals surface area (Å²) in [4.78, 5) is 28.8. The molecule has 0 fully saturated rings. The predicted octanol–water partition coefficient (Wildman–Crippen LogP) is 5.84. The van der Waals surface area contributed by atoms with Crippen LogP contribution < -0.4 is 9.62 Å². The minimum absolute atomic E-state index is 0.0713. The number of nitrogens with one attached hydrogen (secondary N) is 1. The third-order valence-electron chi connectivity index (χ3n) is 6.31. The Balaban J connectivity index is 1.91. The minimum Gasteiger partial charge on any atom is -0.352 e. The van der Waals surface area contributed by atoms with Crippen LogP contribution in [-0.4, -0.2) is 50.0 Å². The maximum absolute atomic E-state index is 14.4. The second kappa shape index (κ2) is 14.7. The van der Waals surface area contributed by atoms with Gasteiger partial charge in [-0.25, -0.2) is 12.8 Å². The SMILES string of the molecule is CC(C)NC(=O)[C@H](Cc1ccccc1)N(Cc1ccc(Cl)c(Cl)c1)C(=O)CCCN(c1ccccc1F)S(C)(=O)=O. The van der Waals surface area contributed by atoms with E-state index in [2.05, 4.69) is 5.32 Å². The molecule has 3 rings (SSSR count). The van der Waals surface area contributed by atoms with Gasteiger partial charge in [0.2, 0.25) is 21.8 Å². The molecule has 11 heteroatoms. The lowest BCUT2D eigenvalue weighted by Crippen LogP contribution is -2.51. The van der Waals surface area contributed by atoms with Gasteiger partial charge in [0.05, 0.1) is 22.0 Å². The molecule has 0 unspecified atom stereocenters. The van der Waals surface area contributed by atoms with E-state index >= 15 is 0 Å². The molecule has 0 saturated carbocycles. The molecule has 0 spiro atoms. The first-order chi connectivity index (χ1) is 19.4. The molecule has 1 N–H and O–H groups in total. The van der Waals surface area contributed by atoms with Gasteiger partial charge in [0.1, 0.15) is 11.9 Å². The van der Waals surface area contributed by atoms with Gasteiger partial charge in [0.25, 0.3) is 0 Å². The summed E-state index contributed by atoms with van der Waals surface area (Å²) in [5.74, 6) is -1.36. The van der Waals surface area contributed by atoms with Crippen LogP contribution in [0.25, 0.3) is 0 Å². The van der Waals surface area contributed by atoms with E-state index in [-0.39, 0.29) is 55.9 Å². The van der Waals surface area contributed by atoms with E-state index in [9.17, 15) is 22.4 Å². The topological polar surface area (TPSA) is 86.8 Å². The van der Waals surface area contributed by atoms with Gasteiger partial charge in [0, 0.05) is 32.0 Å². The smallest absolute Gasteiger partial charge is 0.243 e. The molecule has 7 nitrogen and oxygen atoms in total. The predicted molar refractivity (Wildman–Crippen MR) is 162 cm³/mol. The highest BCUT2D eigenvalue weighted by molar-refractivity contribution is 7.92. The number of rotatable bonds is 13. The zero-order valence-corrected chi connectivity index (χ0v) is 25.5. The van der Waals surface area contributed by atoms with E-state index in [1.54, 1.807) is 24.3 Å². The van der Waals surface area contributed by atoms with Crippen LogP contribution in [0.15, 0.2) is 72.8 Å². The molecular formula is C30H34Cl2FN3O4S. The van der Waals surface area contributed by atoms with Crippen molar-refractivity contribution in [1.29, 1.82) is 0 Å². The van der Waals surface area contributed by atoms with Crippen molar-refractivity contribution in [3.05, 3.63) is 99.8 Å². The first kappa shape index (κ1) is 32.4. The zero-order chi connectivity index (χ0) is 30.2. The highest BCUT2D eigenvalue weighted by atomic mass is 35.5. The largest absolute Gasteiger partial charge is 0.352 e. The molecule has 0 aliphatic carbocycles. The van der Waals surface area contributed by atoms with Crippen LogP contribution in [0.4, 0.5) is 10.1 Å². The van der Waals surface area contributed by atoms with E-state index in [4.69, 9.17) is 23.2 Å². The first-order valence-corrected chi connectivity index (χ1v) is 15.8. The Morgan fingerprint density at radius 1 is 0.927 bits per heavy atom. The molecule has 0 aliphatic rings. The average Bonchev–Trinajstić information content (AvgIpc) is 2.90. The second-order valence-corrected chi connectivity index (χ2v) is 12.8. The summed E-state index contributed by atoms with van der Waals surface area (Å²) in [5, 5.41) is 3.60. The Bertz CT molecular complexity index is 1460. The van der Waals surface area contributed by atoms with Gasteiger partial charge < -0.3 is 10.2 Å². The van der Waals surface area contributed by atoms with E-state index in [0.29, 0.717) is 15.6 Å². The van der Waals surface area contributed by atoms with Crippen molar-refractivity contribution in [3.63, 3.8) is 0 Å². The molecule has 0 radical (unpaired) electrons. The monoisotopic (exact) mass is 621 g/mol. The van der Waals surface area contributed by atoms with E-state index in [1.807, 2.05) is 44.2 Å². The van der Waals surface area contributed by atoms with Crippen molar-refractivity contribution < 1.29 is 22.4 Å². The summed E-state index contributed by atoms with van der Waals surface area (Å²) >= 11 is 12.3. The Kier molecular flexibility index (Phi) is 11.6. The number of halogens is 3. The quantitative estimate of drug-likeness (QED) is 0.260. The molecule has 0 bridgehead atoms. The Hall–Kier alpha value is -3.14. The number of hydrogen-bond donors (Lipinski definition) is 1. The lowest BCUT2D eigenvalue weighted by Gasteiger charge is -2.32. The van der Waals surface area contributed by atoms with Gasteiger partial charge in [-0.3, -0.25) is 13.9 Å². The van der Waals surface area contributed by atoms with E-state index in [0.717, 1.165) is 16.1 Å². The highest BCUT2D eigenvalue weighted by Crippen LogP contribution is 2.25. The normalized spacial score (nSPS) is 12.2. The maximum Gasteiger partial charge on any atom is 0.243 e. The molecular weight excluding hydrogens is 588 g/mol. The van der Waals surface area contributed by atoms with Gasteiger partial charge in [-0.2, -0.15) is 0 Å². The first-order valence-electron chi connectivity index (χ1n) is 13.2. The maximum atomic E-state index is 14.4. The van der Waals surface area contributed by atoms with Crippen LogP contribution in [0.3, 0.4) is 0 Å². The van der Waals surface area contributed by atoms with Gasteiger partial charge in [0.15, 0.2) is 0 Å². The number of carbonyl (C=O) groups excluding carboxylic acids is 2. The van der Waals surface area contributed by atoms with Crippen molar-refractivity contribution in [2.24, 2.45) is 0 Å². The molecule has 1 atom stereocenters. The lowest BCUT2D eigenvalue weighted by molar-refractivity contribution is -0.141. The fourth-order valence-corrected chi connectivity index (χ4v) is 5.69. The summed E-state index contributed by atoms with van der Waals surface area (Å²) < 4.78 is 40.4. The summed E-state index contributed by atoms with van der Waals surface area (Å²) in [6.45, 7) is 3.63. The lowest BCUT2D eigenvalue weighted by atomic mass is 10.0. The standard InChI is InChI=1S/C30H34Cl2FN3O4S/c1-21(2)34-30(38)28(19-22-10-5-4-6-11-22)35(20-23-15-16-24(31)25(32)18-23)29(37)14-9-17-36(41(3,39)40)27-13-8-7-12-26(27)33/h4-8,10-13,15-16,18,21,28H,9,14,17,19-20H2,1-3H3,(H,34,38)/t28-/m0/s1. The summed E-state index contributed by atoms with van der Waals surface area (Å²) in [5.41, 5.74) is 1.45. The fourth-order valence-electron chi connectivity index (χ4n) is 4.41. The zero-order valence-electron chi connectivity index (χ0n) is 23.2. The Morgan fingerprint density at radius 2 is 1.59 bits per heavy atom. The molecule has 0 heterocycles. The Morgan fingerprint density at radius 3 is 2.20 bits per heavy atom. The van der Waals surface area contributed by atoms with Crippen LogP contribution >= 0.6 is 23.2 Å². The highest BCUT2D eigenvalue weighted by Gasteiger charge is 2.31. The number of amides is 2. The van der Waals surface area contributed by atoms with Crippen LogP contribution in [0, 0.1) is 5.82 Å². The van der Waals surface area contributed by atoms with Gasteiger partial charge in [-0.05, 0) is 55.7 Å². The third-order valence-corrected chi connectivity index (χ3v) is 8.23. The summed E-state index contributed by atoms with van der Waals surface area (Å²) in [6.07, 6.45) is 1.27. The molecule has 2 amide bonds. The van der Waals surface area contributed by atoms with Gasteiger partial charge in [-0.1, -0.05) is 71.7 Å². The fraction of sp³-hybridized carbons (Fsp3) is 0.333. The van der Waals surface area contributed by atoms with Crippen molar-refractivity contribution in [3.8, 4) is 0 Å². The number of nitrogens with zero attached hydrogens (tertiary/aromatic N) is 2. The summed E-state index contributed by atoms with van der Waals surface area (Å²) in [6, 6.07) is 18.9. The number of sulfonamides is 1. The number of benzene rings is 3. The number of para-hydroxylation sites is 1.